The number of hydrogen-bond donors (Lipinski definition) is 1. The second kappa shape index (κ2) is 8.87. The van der Waals surface area contributed by atoms with Crippen LogP contribution in [0, 0.1) is 6.92 Å². The summed E-state index contributed by atoms with van der Waals surface area (Å²) in [6.45, 7) is 8.29. The van der Waals surface area contributed by atoms with Crippen LogP contribution in [0.25, 0.3) is 0 Å². The van der Waals surface area contributed by atoms with Crippen molar-refractivity contribution in [2.45, 2.75) is 46.1 Å². The molecule has 1 aromatic carbocycles. The van der Waals surface area contributed by atoms with Gasteiger partial charge in [-0.25, -0.2) is 0 Å². The second-order valence-corrected chi connectivity index (χ2v) is 6.19. The number of furan rings is 1. The molecule has 0 saturated heterocycles. The molecule has 4 heteroatoms. The maximum absolute atomic E-state index is 10.2. The first-order valence-corrected chi connectivity index (χ1v) is 8.13. The Hall–Kier alpha value is -1.62. The SMILES string of the molecule is Cc1ccc(CN(CC(O)COCc2ccccc2)C(C)C)o1. The highest BCUT2D eigenvalue weighted by Gasteiger charge is 2.16. The average molecular weight is 317 g/mol. The molecule has 1 unspecified atom stereocenters. The van der Waals surface area contributed by atoms with Gasteiger partial charge in [0.15, 0.2) is 0 Å². The van der Waals surface area contributed by atoms with E-state index in [1.807, 2.05) is 49.4 Å². The Balaban J connectivity index is 1.77. The third-order valence-corrected chi connectivity index (χ3v) is 3.75. The molecule has 0 aliphatic carbocycles. The van der Waals surface area contributed by atoms with Crippen LogP contribution in [0.1, 0.15) is 30.9 Å². The van der Waals surface area contributed by atoms with E-state index in [-0.39, 0.29) is 0 Å². The van der Waals surface area contributed by atoms with Crippen LogP contribution in [0.2, 0.25) is 0 Å². The van der Waals surface area contributed by atoms with Crippen molar-refractivity contribution in [2.24, 2.45) is 0 Å². The van der Waals surface area contributed by atoms with Gasteiger partial charge in [0.05, 0.1) is 25.9 Å². The van der Waals surface area contributed by atoms with Crippen molar-refractivity contribution in [1.82, 2.24) is 4.90 Å². The van der Waals surface area contributed by atoms with E-state index in [9.17, 15) is 5.11 Å². The van der Waals surface area contributed by atoms with Gasteiger partial charge in [0.1, 0.15) is 11.5 Å². The Kier molecular flexibility index (Phi) is 6.84. The molecule has 0 bridgehead atoms. The number of nitrogens with zero attached hydrogens (tertiary/aromatic N) is 1. The van der Waals surface area contributed by atoms with E-state index in [0.717, 1.165) is 17.1 Å². The second-order valence-electron chi connectivity index (χ2n) is 6.19. The lowest BCUT2D eigenvalue weighted by molar-refractivity contribution is 0.00193. The zero-order valence-electron chi connectivity index (χ0n) is 14.2. The molecule has 23 heavy (non-hydrogen) atoms. The summed E-state index contributed by atoms with van der Waals surface area (Å²) in [5.41, 5.74) is 1.12. The van der Waals surface area contributed by atoms with Crippen molar-refractivity contribution in [3.05, 3.63) is 59.5 Å². The molecule has 1 atom stereocenters. The summed E-state index contributed by atoms with van der Waals surface area (Å²) < 4.78 is 11.2. The maximum atomic E-state index is 10.2. The number of rotatable bonds is 9. The summed E-state index contributed by atoms with van der Waals surface area (Å²) in [5, 5.41) is 10.2. The first-order valence-electron chi connectivity index (χ1n) is 8.13. The topological polar surface area (TPSA) is 45.8 Å². The molecule has 2 aromatic rings. The van der Waals surface area contributed by atoms with Crippen LogP contribution < -0.4 is 0 Å². The summed E-state index contributed by atoms with van der Waals surface area (Å²) in [6, 6.07) is 14.3. The third-order valence-electron chi connectivity index (χ3n) is 3.75. The average Bonchev–Trinajstić information content (AvgIpc) is 2.93. The van der Waals surface area contributed by atoms with Gasteiger partial charge in [0, 0.05) is 12.6 Å². The Morgan fingerprint density at radius 3 is 2.48 bits per heavy atom. The lowest BCUT2D eigenvalue weighted by Gasteiger charge is -2.27. The van der Waals surface area contributed by atoms with Gasteiger partial charge < -0.3 is 14.3 Å². The van der Waals surface area contributed by atoms with Crippen LogP contribution in [0.4, 0.5) is 0 Å². The molecule has 126 valence electrons. The minimum Gasteiger partial charge on any atom is -0.465 e. The fraction of sp³-hybridized carbons (Fsp3) is 0.474. The van der Waals surface area contributed by atoms with E-state index in [0.29, 0.717) is 32.3 Å². The summed E-state index contributed by atoms with van der Waals surface area (Å²) in [4.78, 5) is 2.19. The quantitative estimate of drug-likeness (QED) is 0.770. The molecule has 4 nitrogen and oxygen atoms in total. The summed E-state index contributed by atoms with van der Waals surface area (Å²) in [6.07, 6.45) is -0.517. The molecule has 0 radical (unpaired) electrons. The fourth-order valence-corrected chi connectivity index (χ4v) is 2.44. The molecule has 1 aromatic heterocycles. The number of benzene rings is 1. The monoisotopic (exact) mass is 317 g/mol. The molecule has 2 rings (SSSR count). The predicted molar refractivity (Wildman–Crippen MR) is 91.1 cm³/mol. The molecule has 0 saturated carbocycles. The number of aliphatic hydroxyl groups excluding tert-OH is 1. The van der Waals surface area contributed by atoms with Gasteiger partial charge >= 0.3 is 0 Å². The molecule has 0 aliphatic rings. The van der Waals surface area contributed by atoms with Crippen LogP contribution in [0.3, 0.4) is 0 Å². The van der Waals surface area contributed by atoms with Gasteiger partial charge in [-0.3, -0.25) is 4.90 Å². The Morgan fingerprint density at radius 1 is 1.13 bits per heavy atom. The third kappa shape index (κ3) is 6.18. The summed E-state index contributed by atoms with van der Waals surface area (Å²) in [5.74, 6) is 1.84. The highest BCUT2D eigenvalue weighted by Crippen LogP contribution is 2.12. The number of aliphatic hydroxyl groups is 1. The number of ether oxygens (including phenoxy) is 1. The van der Waals surface area contributed by atoms with E-state index in [1.165, 1.54) is 0 Å². The standard InChI is InChI=1S/C19H27NO3/c1-15(2)20(12-19-10-9-16(3)23-19)11-18(21)14-22-13-17-7-5-4-6-8-17/h4-10,15,18,21H,11-14H2,1-3H3. The van der Waals surface area contributed by atoms with E-state index in [2.05, 4.69) is 18.7 Å². The molecular formula is C19H27NO3. The molecular weight excluding hydrogens is 290 g/mol. The minimum absolute atomic E-state index is 0.323. The highest BCUT2D eigenvalue weighted by molar-refractivity contribution is 5.13. The van der Waals surface area contributed by atoms with Gasteiger partial charge in [0.2, 0.25) is 0 Å². The first-order chi connectivity index (χ1) is 11.0. The van der Waals surface area contributed by atoms with Crippen molar-refractivity contribution in [3.63, 3.8) is 0 Å². The Morgan fingerprint density at radius 2 is 1.87 bits per heavy atom. The van der Waals surface area contributed by atoms with Gasteiger partial charge in [0.25, 0.3) is 0 Å². The number of hydrogen-bond acceptors (Lipinski definition) is 4. The van der Waals surface area contributed by atoms with E-state index < -0.39 is 6.10 Å². The Labute approximate surface area is 138 Å². The van der Waals surface area contributed by atoms with Crippen molar-refractivity contribution in [2.75, 3.05) is 13.2 Å². The number of aryl methyl sites for hydroxylation is 1. The molecule has 1 heterocycles. The maximum Gasteiger partial charge on any atom is 0.118 e. The normalized spacial score (nSPS) is 13.0. The first kappa shape index (κ1) is 17.7. The van der Waals surface area contributed by atoms with Gasteiger partial charge in [-0.05, 0) is 38.5 Å². The summed E-state index contributed by atoms with van der Waals surface area (Å²) in [7, 11) is 0. The van der Waals surface area contributed by atoms with Gasteiger partial charge in [-0.2, -0.15) is 0 Å². The molecule has 0 spiro atoms. The minimum atomic E-state index is -0.517. The summed E-state index contributed by atoms with van der Waals surface area (Å²) >= 11 is 0. The van der Waals surface area contributed by atoms with Gasteiger partial charge in [-0.1, -0.05) is 30.3 Å². The smallest absolute Gasteiger partial charge is 0.118 e. The van der Waals surface area contributed by atoms with Gasteiger partial charge in [-0.15, -0.1) is 0 Å². The van der Waals surface area contributed by atoms with Crippen molar-refractivity contribution >= 4 is 0 Å². The zero-order valence-corrected chi connectivity index (χ0v) is 14.2. The van der Waals surface area contributed by atoms with Crippen molar-refractivity contribution in [1.29, 1.82) is 0 Å². The Bertz CT molecular complexity index is 565. The predicted octanol–water partition coefficient (Wildman–Crippen LogP) is 3.38. The van der Waals surface area contributed by atoms with E-state index in [4.69, 9.17) is 9.15 Å². The van der Waals surface area contributed by atoms with E-state index >= 15 is 0 Å². The molecule has 0 fully saturated rings. The largest absolute Gasteiger partial charge is 0.465 e. The van der Waals surface area contributed by atoms with Crippen LogP contribution in [-0.4, -0.2) is 35.3 Å². The van der Waals surface area contributed by atoms with Crippen LogP contribution in [0.15, 0.2) is 46.9 Å². The van der Waals surface area contributed by atoms with E-state index in [1.54, 1.807) is 0 Å². The zero-order chi connectivity index (χ0) is 16.7. The van der Waals surface area contributed by atoms with Crippen molar-refractivity contribution in [3.8, 4) is 0 Å². The molecule has 1 N–H and O–H groups in total. The highest BCUT2D eigenvalue weighted by atomic mass is 16.5. The van der Waals surface area contributed by atoms with Crippen LogP contribution >= 0.6 is 0 Å². The lowest BCUT2D eigenvalue weighted by atomic mass is 10.2. The fourth-order valence-electron chi connectivity index (χ4n) is 2.44. The van der Waals surface area contributed by atoms with Crippen molar-refractivity contribution < 1.29 is 14.3 Å². The molecule has 0 amide bonds. The lowest BCUT2D eigenvalue weighted by Crippen LogP contribution is -2.38. The van der Waals surface area contributed by atoms with Crippen LogP contribution in [-0.2, 0) is 17.9 Å². The molecule has 0 aliphatic heterocycles. The van der Waals surface area contributed by atoms with Crippen LogP contribution in [0.5, 0.6) is 0 Å².